The summed E-state index contributed by atoms with van der Waals surface area (Å²) in [6.07, 6.45) is 42.1. The maximum absolute atomic E-state index is 12.6. The van der Waals surface area contributed by atoms with Crippen LogP contribution in [0.2, 0.25) is 0 Å². The van der Waals surface area contributed by atoms with Crippen molar-refractivity contribution in [3.63, 3.8) is 0 Å². The molecule has 3 N–H and O–H groups in total. The first kappa shape index (κ1) is 54.5. The van der Waals surface area contributed by atoms with Crippen LogP contribution in [0.5, 0.6) is 0 Å². The van der Waals surface area contributed by atoms with Gasteiger partial charge < -0.3 is 24.6 Å². The quantitative estimate of drug-likeness (QED) is 0.0312. The first-order valence-corrected chi connectivity index (χ1v) is 25.0. The first-order valence-electron chi connectivity index (χ1n) is 23.5. The van der Waals surface area contributed by atoms with Crippen molar-refractivity contribution in [2.45, 2.75) is 251 Å². The van der Waals surface area contributed by atoms with E-state index in [1.54, 1.807) is 0 Å². The lowest BCUT2D eigenvalue weighted by Crippen LogP contribution is -2.29. The zero-order valence-corrected chi connectivity index (χ0v) is 37.1. The number of phosphoric acid groups is 1. The summed E-state index contributed by atoms with van der Waals surface area (Å²) in [4.78, 5) is 22.6. The lowest BCUT2D eigenvalue weighted by Gasteiger charge is -2.20. The van der Waals surface area contributed by atoms with Gasteiger partial charge in [0.25, 0.3) is 0 Å². The van der Waals surface area contributed by atoms with E-state index in [1.165, 1.54) is 186 Å². The van der Waals surface area contributed by atoms with Crippen molar-refractivity contribution in [3.05, 3.63) is 0 Å². The first-order chi connectivity index (χ1) is 26.8. The molecule has 0 radical (unpaired) electrons. The summed E-state index contributed by atoms with van der Waals surface area (Å²) in [6.45, 7) is 3.58. The average molecular weight is 807 g/mol. The maximum Gasteiger partial charge on any atom is 0.472 e. The minimum absolute atomic E-state index is 0.0582. The molecule has 3 atom stereocenters. The van der Waals surface area contributed by atoms with E-state index in [4.69, 9.17) is 23.6 Å². The number of ether oxygens (including phenoxy) is 2. The lowest BCUT2D eigenvalue weighted by atomic mass is 10.0. The number of rotatable bonds is 46. The van der Waals surface area contributed by atoms with Gasteiger partial charge in [-0.1, -0.05) is 219 Å². The average Bonchev–Trinajstić information content (AvgIpc) is 3.18. The van der Waals surface area contributed by atoms with E-state index >= 15 is 0 Å². The lowest BCUT2D eigenvalue weighted by molar-refractivity contribution is -0.154. The van der Waals surface area contributed by atoms with E-state index in [0.29, 0.717) is 6.61 Å². The molecule has 0 heterocycles. The van der Waals surface area contributed by atoms with Gasteiger partial charge in [-0.15, -0.1) is 0 Å². The summed E-state index contributed by atoms with van der Waals surface area (Å²) in [7, 11) is -4.51. The number of unbranched alkanes of at least 4 members (excludes halogenated alkanes) is 32. The van der Waals surface area contributed by atoms with Crippen LogP contribution < -0.4 is 0 Å². The minimum atomic E-state index is -4.51. The van der Waals surface area contributed by atoms with Gasteiger partial charge in [0.05, 0.1) is 26.4 Å². The third-order valence-corrected chi connectivity index (χ3v) is 11.5. The molecule has 0 saturated carbocycles. The fourth-order valence-corrected chi connectivity index (χ4v) is 7.74. The van der Waals surface area contributed by atoms with Crippen LogP contribution in [0.25, 0.3) is 0 Å². The molecule has 0 fully saturated rings. The van der Waals surface area contributed by atoms with Crippen molar-refractivity contribution in [2.75, 3.05) is 33.0 Å². The van der Waals surface area contributed by atoms with Gasteiger partial charge in [-0.3, -0.25) is 13.8 Å². The maximum atomic E-state index is 12.6. The fourth-order valence-electron chi connectivity index (χ4n) is 6.95. The highest BCUT2D eigenvalue weighted by Crippen LogP contribution is 2.43. The molecule has 0 aromatic carbocycles. The largest absolute Gasteiger partial charge is 0.472 e. The van der Waals surface area contributed by atoms with Crippen LogP contribution in [0, 0.1) is 0 Å². The van der Waals surface area contributed by atoms with Crippen molar-refractivity contribution < 1.29 is 43.0 Å². The van der Waals surface area contributed by atoms with Gasteiger partial charge in [0, 0.05) is 13.0 Å². The Kier molecular flexibility index (Phi) is 42.6. The second-order valence-electron chi connectivity index (χ2n) is 16.1. The molecule has 0 rings (SSSR count). The molecular formula is C45H91O9P. The highest BCUT2D eigenvalue weighted by atomic mass is 31.2. The number of carbonyl (C=O) groups is 1. The Balaban J connectivity index is 3.99. The molecule has 3 unspecified atom stereocenters. The third-order valence-electron chi connectivity index (χ3n) is 10.5. The Morgan fingerprint density at radius 1 is 0.491 bits per heavy atom. The fraction of sp³-hybridized carbons (Fsp3) is 0.978. The highest BCUT2D eigenvalue weighted by Gasteiger charge is 2.26. The SMILES string of the molecule is CCCCCCCCCCCCCCCCCCCCCCCCOCC(COP(=O)(O)OCC(O)CO)OC(=O)CCCCCCCCCCCCCC. The summed E-state index contributed by atoms with van der Waals surface area (Å²) in [6, 6.07) is 0. The van der Waals surface area contributed by atoms with Crippen LogP contribution in [0.3, 0.4) is 0 Å². The molecular weight excluding hydrogens is 715 g/mol. The van der Waals surface area contributed by atoms with E-state index in [-0.39, 0.29) is 25.6 Å². The number of aliphatic hydroxyl groups excluding tert-OH is 2. The monoisotopic (exact) mass is 807 g/mol. The van der Waals surface area contributed by atoms with Gasteiger partial charge in [0.2, 0.25) is 0 Å². The number of carbonyl (C=O) groups excluding carboxylic acids is 1. The molecule has 10 heteroatoms. The molecule has 0 aliphatic carbocycles. The zero-order valence-electron chi connectivity index (χ0n) is 36.2. The Labute approximate surface area is 339 Å². The van der Waals surface area contributed by atoms with Crippen LogP contribution in [-0.2, 0) is 27.9 Å². The standard InChI is InChI=1S/C45H91O9P/c1-3-5-7-9-11-13-15-17-18-19-20-21-22-23-24-25-26-28-30-32-34-36-38-51-41-44(42-53-55(49,50)52-40-43(47)39-46)54-45(48)37-35-33-31-29-27-16-14-12-10-8-6-4-2/h43-44,46-47H,3-42H2,1-2H3,(H,49,50). The molecule has 330 valence electrons. The predicted octanol–water partition coefficient (Wildman–Crippen LogP) is 13.1. The molecule has 0 saturated heterocycles. The van der Waals surface area contributed by atoms with Gasteiger partial charge in [-0.05, 0) is 12.8 Å². The van der Waals surface area contributed by atoms with E-state index < -0.39 is 33.2 Å². The van der Waals surface area contributed by atoms with Gasteiger partial charge >= 0.3 is 13.8 Å². The van der Waals surface area contributed by atoms with Crippen LogP contribution >= 0.6 is 7.82 Å². The van der Waals surface area contributed by atoms with Gasteiger partial charge in [0.1, 0.15) is 12.2 Å². The minimum Gasteiger partial charge on any atom is -0.457 e. The molecule has 9 nitrogen and oxygen atoms in total. The highest BCUT2D eigenvalue weighted by molar-refractivity contribution is 7.47. The topological polar surface area (TPSA) is 132 Å². The molecule has 0 spiro atoms. The van der Waals surface area contributed by atoms with Crippen molar-refractivity contribution in [3.8, 4) is 0 Å². The number of hydrogen-bond acceptors (Lipinski definition) is 8. The molecule has 0 aromatic heterocycles. The zero-order chi connectivity index (χ0) is 40.3. The Hall–Kier alpha value is -0.540. The van der Waals surface area contributed by atoms with Gasteiger partial charge in [-0.2, -0.15) is 0 Å². The van der Waals surface area contributed by atoms with Gasteiger partial charge in [-0.25, -0.2) is 4.57 Å². The van der Waals surface area contributed by atoms with Crippen molar-refractivity contribution in [2.24, 2.45) is 0 Å². The van der Waals surface area contributed by atoms with Gasteiger partial charge in [0.15, 0.2) is 0 Å². The van der Waals surface area contributed by atoms with Crippen molar-refractivity contribution >= 4 is 13.8 Å². The number of hydrogen-bond donors (Lipinski definition) is 3. The Bertz CT molecular complexity index is 830. The number of aliphatic hydroxyl groups is 2. The Morgan fingerprint density at radius 2 is 0.818 bits per heavy atom. The molecule has 0 amide bonds. The molecule has 0 aliphatic heterocycles. The second kappa shape index (κ2) is 43.0. The molecule has 55 heavy (non-hydrogen) atoms. The molecule has 0 bridgehead atoms. The van der Waals surface area contributed by atoms with E-state index in [2.05, 4.69) is 13.8 Å². The predicted molar refractivity (Wildman–Crippen MR) is 228 cm³/mol. The summed E-state index contributed by atoms with van der Waals surface area (Å²) < 4.78 is 33.4. The number of esters is 1. The van der Waals surface area contributed by atoms with Crippen LogP contribution in [-0.4, -0.2) is 66.3 Å². The normalized spacial score (nSPS) is 13.9. The summed E-state index contributed by atoms with van der Waals surface area (Å²) in [5, 5.41) is 18.3. The van der Waals surface area contributed by atoms with Crippen LogP contribution in [0.15, 0.2) is 0 Å². The van der Waals surface area contributed by atoms with Crippen LogP contribution in [0.1, 0.15) is 239 Å². The number of phosphoric ester groups is 1. The third kappa shape index (κ3) is 42.9. The van der Waals surface area contributed by atoms with E-state index in [1.807, 2.05) is 0 Å². The van der Waals surface area contributed by atoms with Crippen molar-refractivity contribution in [1.29, 1.82) is 0 Å². The van der Waals surface area contributed by atoms with E-state index in [9.17, 15) is 19.4 Å². The van der Waals surface area contributed by atoms with E-state index in [0.717, 1.165) is 32.1 Å². The van der Waals surface area contributed by atoms with Crippen molar-refractivity contribution in [1.82, 2.24) is 0 Å². The molecule has 0 aromatic rings. The second-order valence-corrected chi connectivity index (χ2v) is 17.6. The molecule has 0 aliphatic rings. The summed E-state index contributed by atoms with van der Waals surface area (Å²) in [5.41, 5.74) is 0. The van der Waals surface area contributed by atoms with Crippen LogP contribution in [0.4, 0.5) is 0 Å². The Morgan fingerprint density at radius 3 is 1.18 bits per heavy atom. The summed E-state index contributed by atoms with van der Waals surface area (Å²) >= 11 is 0. The smallest absolute Gasteiger partial charge is 0.457 e. The summed E-state index contributed by atoms with van der Waals surface area (Å²) in [5.74, 6) is -0.377.